The molecular weight excluding hydrogens is 352 g/mol. The van der Waals surface area contributed by atoms with E-state index in [9.17, 15) is 0 Å². The first-order chi connectivity index (χ1) is 14.4. The van der Waals surface area contributed by atoms with Gasteiger partial charge in [-0.1, -0.05) is 97.1 Å². The van der Waals surface area contributed by atoms with Gasteiger partial charge in [0.05, 0.1) is 11.0 Å². The number of imidazole rings is 1. The van der Waals surface area contributed by atoms with E-state index in [1.807, 2.05) is 6.07 Å². The molecule has 1 heterocycles. The Balaban J connectivity index is 1.90. The minimum absolute atomic E-state index is 0.966. The molecule has 0 N–H and O–H groups in total. The van der Waals surface area contributed by atoms with Gasteiger partial charge >= 0.3 is 0 Å². The van der Waals surface area contributed by atoms with Crippen molar-refractivity contribution in [2.24, 2.45) is 0 Å². The van der Waals surface area contributed by atoms with Crippen molar-refractivity contribution in [3.63, 3.8) is 0 Å². The first-order valence-corrected chi connectivity index (χ1v) is 9.84. The fourth-order valence-electron chi connectivity index (χ4n) is 4.31. The molecule has 0 saturated heterocycles. The van der Waals surface area contributed by atoms with Gasteiger partial charge in [0.2, 0.25) is 0 Å². The minimum Gasteiger partial charge on any atom is -0.292 e. The highest BCUT2D eigenvalue weighted by molar-refractivity contribution is 6.24. The van der Waals surface area contributed by atoms with Crippen molar-refractivity contribution < 1.29 is 0 Å². The predicted molar refractivity (Wildman–Crippen MR) is 122 cm³/mol. The molecule has 6 rings (SSSR count). The second-order valence-electron chi connectivity index (χ2n) is 7.26. The lowest BCUT2D eigenvalue weighted by atomic mass is 10.00. The maximum atomic E-state index is 5.20. The first-order valence-electron chi connectivity index (χ1n) is 9.84. The highest BCUT2D eigenvalue weighted by Crippen LogP contribution is 2.38. The number of hydrogen-bond donors (Lipinski definition) is 0. The van der Waals surface area contributed by atoms with Crippen LogP contribution in [0, 0.1) is 0 Å². The molecule has 2 nitrogen and oxygen atoms in total. The SMILES string of the molecule is c1ccc(-c2nc3c4ccccc4c4ccccc4c3n2-c2ccccc2)cc1. The van der Waals surface area contributed by atoms with Crippen LogP contribution in [0.25, 0.3) is 49.7 Å². The highest BCUT2D eigenvalue weighted by atomic mass is 15.1. The molecule has 6 aromatic rings. The molecule has 0 saturated carbocycles. The molecule has 5 aromatic carbocycles. The van der Waals surface area contributed by atoms with Crippen molar-refractivity contribution in [3.8, 4) is 17.1 Å². The van der Waals surface area contributed by atoms with E-state index in [0.717, 1.165) is 28.1 Å². The van der Waals surface area contributed by atoms with E-state index >= 15 is 0 Å². The summed E-state index contributed by atoms with van der Waals surface area (Å²) in [5.74, 6) is 0.966. The Bertz CT molecular complexity index is 1480. The van der Waals surface area contributed by atoms with E-state index in [-0.39, 0.29) is 0 Å². The fraction of sp³-hybridized carbons (Fsp3) is 0. The molecule has 1 aromatic heterocycles. The van der Waals surface area contributed by atoms with Crippen LogP contribution in [0.5, 0.6) is 0 Å². The summed E-state index contributed by atoms with van der Waals surface area (Å²) < 4.78 is 2.30. The summed E-state index contributed by atoms with van der Waals surface area (Å²) in [5, 5.41) is 4.91. The zero-order chi connectivity index (χ0) is 19.2. The highest BCUT2D eigenvalue weighted by Gasteiger charge is 2.19. The van der Waals surface area contributed by atoms with Gasteiger partial charge < -0.3 is 0 Å². The molecule has 0 atom stereocenters. The van der Waals surface area contributed by atoms with Crippen LogP contribution in [-0.2, 0) is 0 Å². The van der Waals surface area contributed by atoms with Crippen molar-refractivity contribution in [2.45, 2.75) is 0 Å². The lowest BCUT2D eigenvalue weighted by Gasteiger charge is -2.12. The number of para-hydroxylation sites is 1. The van der Waals surface area contributed by atoms with E-state index in [1.165, 1.54) is 21.5 Å². The Labute approximate surface area is 168 Å². The Morgan fingerprint density at radius 3 is 1.69 bits per heavy atom. The Hall–Kier alpha value is -3.91. The number of benzene rings is 5. The Kier molecular flexibility index (Phi) is 3.50. The maximum absolute atomic E-state index is 5.20. The van der Waals surface area contributed by atoms with E-state index in [0.29, 0.717) is 0 Å². The van der Waals surface area contributed by atoms with Crippen molar-refractivity contribution in [3.05, 3.63) is 109 Å². The molecule has 0 radical (unpaired) electrons. The van der Waals surface area contributed by atoms with Crippen molar-refractivity contribution >= 4 is 32.6 Å². The summed E-state index contributed by atoms with van der Waals surface area (Å²) in [7, 11) is 0. The largest absolute Gasteiger partial charge is 0.292 e. The van der Waals surface area contributed by atoms with Gasteiger partial charge in [0, 0.05) is 22.0 Å². The van der Waals surface area contributed by atoms with Crippen LogP contribution < -0.4 is 0 Å². The predicted octanol–water partition coefficient (Wildman–Crippen LogP) is 7.00. The van der Waals surface area contributed by atoms with Crippen molar-refractivity contribution in [1.82, 2.24) is 9.55 Å². The number of aromatic nitrogens is 2. The summed E-state index contributed by atoms with van der Waals surface area (Å²) in [4.78, 5) is 5.20. The fourth-order valence-corrected chi connectivity index (χ4v) is 4.31. The van der Waals surface area contributed by atoms with Gasteiger partial charge in [0.1, 0.15) is 5.82 Å². The summed E-state index contributed by atoms with van der Waals surface area (Å²) in [6, 6.07) is 38.2. The lowest BCUT2D eigenvalue weighted by molar-refractivity contribution is 1.11. The van der Waals surface area contributed by atoms with E-state index < -0.39 is 0 Å². The van der Waals surface area contributed by atoms with Gasteiger partial charge in [-0.05, 0) is 22.9 Å². The van der Waals surface area contributed by atoms with Crippen LogP contribution in [0.15, 0.2) is 109 Å². The van der Waals surface area contributed by atoms with Crippen molar-refractivity contribution in [2.75, 3.05) is 0 Å². The number of hydrogen-bond acceptors (Lipinski definition) is 1. The van der Waals surface area contributed by atoms with Crippen LogP contribution in [0.3, 0.4) is 0 Å². The van der Waals surface area contributed by atoms with Gasteiger partial charge in [0.15, 0.2) is 0 Å². The summed E-state index contributed by atoms with van der Waals surface area (Å²) in [6.07, 6.45) is 0. The average molecular weight is 370 g/mol. The molecule has 0 aliphatic rings. The molecule has 0 spiro atoms. The monoisotopic (exact) mass is 370 g/mol. The van der Waals surface area contributed by atoms with Gasteiger partial charge in [-0.15, -0.1) is 0 Å². The lowest BCUT2D eigenvalue weighted by Crippen LogP contribution is -1.97. The second-order valence-corrected chi connectivity index (χ2v) is 7.26. The Morgan fingerprint density at radius 2 is 1.00 bits per heavy atom. The molecule has 0 amide bonds. The van der Waals surface area contributed by atoms with Crippen LogP contribution in [-0.4, -0.2) is 9.55 Å². The minimum atomic E-state index is 0.966. The first kappa shape index (κ1) is 16.1. The van der Waals surface area contributed by atoms with Crippen LogP contribution in [0.4, 0.5) is 0 Å². The normalized spacial score (nSPS) is 11.4. The van der Waals surface area contributed by atoms with Gasteiger partial charge in [-0.25, -0.2) is 4.98 Å². The number of rotatable bonds is 2. The molecule has 0 aliphatic carbocycles. The smallest absolute Gasteiger partial charge is 0.145 e. The number of fused-ring (bicyclic) bond motifs is 6. The molecular formula is C27H18N2. The molecule has 0 fully saturated rings. The van der Waals surface area contributed by atoms with Gasteiger partial charge in [-0.2, -0.15) is 0 Å². The van der Waals surface area contributed by atoms with Crippen LogP contribution in [0.1, 0.15) is 0 Å². The van der Waals surface area contributed by atoms with E-state index in [4.69, 9.17) is 4.98 Å². The zero-order valence-corrected chi connectivity index (χ0v) is 15.8. The molecule has 29 heavy (non-hydrogen) atoms. The maximum Gasteiger partial charge on any atom is 0.145 e. The molecule has 0 aliphatic heterocycles. The van der Waals surface area contributed by atoms with Crippen LogP contribution >= 0.6 is 0 Å². The molecule has 0 bridgehead atoms. The molecule has 0 unspecified atom stereocenters. The second kappa shape index (κ2) is 6.32. The molecule has 2 heteroatoms. The summed E-state index contributed by atoms with van der Waals surface area (Å²) in [6.45, 7) is 0. The average Bonchev–Trinajstić information content (AvgIpc) is 3.22. The quantitative estimate of drug-likeness (QED) is 0.300. The number of nitrogens with zero attached hydrogens (tertiary/aromatic N) is 2. The standard InChI is InChI=1S/C27H18N2/c1-3-11-19(12-4-1)27-28-25-23-17-9-7-15-21(23)22-16-8-10-18-24(22)26(25)29(27)20-13-5-2-6-14-20/h1-18H. The van der Waals surface area contributed by atoms with Gasteiger partial charge in [0.25, 0.3) is 0 Å². The summed E-state index contributed by atoms with van der Waals surface area (Å²) in [5.41, 5.74) is 4.43. The zero-order valence-electron chi connectivity index (χ0n) is 15.8. The van der Waals surface area contributed by atoms with Gasteiger partial charge in [-0.3, -0.25) is 4.57 Å². The third-order valence-corrected chi connectivity index (χ3v) is 5.58. The third kappa shape index (κ3) is 2.39. The summed E-state index contributed by atoms with van der Waals surface area (Å²) >= 11 is 0. The topological polar surface area (TPSA) is 17.8 Å². The Morgan fingerprint density at radius 1 is 0.483 bits per heavy atom. The van der Waals surface area contributed by atoms with Crippen LogP contribution in [0.2, 0.25) is 0 Å². The third-order valence-electron chi connectivity index (χ3n) is 5.58. The van der Waals surface area contributed by atoms with Crippen molar-refractivity contribution in [1.29, 1.82) is 0 Å². The van der Waals surface area contributed by atoms with E-state index in [1.54, 1.807) is 0 Å². The molecule has 136 valence electrons. The van der Waals surface area contributed by atoms with E-state index in [2.05, 4.69) is 108 Å².